The predicted octanol–water partition coefficient (Wildman–Crippen LogP) is 5.20. The molecule has 0 saturated heterocycles. The number of amides is 2. The number of hydrogen-bond acceptors (Lipinski definition) is 5. The number of rotatable bonds is 5. The zero-order valence-corrected chi connectivity index (χ0v) is 19.4. The second kappa shape index (κ2) is 9.61. The standard InChI is InChI=1S/C24H29ClN6O/c1-15-19(25)8-6-10-20(15)29-24(32)27-17-13-11-16(12-14-17)26-23-28-21-9-5-4-7-18(21)22(30-23)31(2)3/h4-10,16-17H,11-14H2,1-3H3,(H,26,28,30)(H2,27,29,32)/t16-,17+. The molecule has 4 rings (SSSR count). The second-order valence-corrected chi connectivity index (χ2v) is 8.89. The Morgan fingerprint density at radius 3 is 2.47 bits per heavy atom. The summed E-state index contributed by atoms with van der Waals surface area (Å²) in [6.07, 6.45) is 3.67. The summed E-state index contributed by atoms with van der Waals surface area (Å²) in [4.78, 5) is 23.9. The van der Waals surface area contributed by atoms with E-state index in [1.807, 2.05) is 68.4 Å². The number of halogens is 1. The fourth-order valence-electron chi connectivity index (χ4n) is 4.12. The lowest BCUT2D eigenvalue weighted by Crippen LogP contribution is -2.42. The van der Waals surface area contributed by atoms with Crippen LogP contribution in [0.15, 0.2) is 42.5 Å². The monoisotopic (exact) mass is 452 g/mol. The molecule has 32 heavy (non-hydrogen) atoms. The van der Waals surface area contributed by atoms with Gasteiger partial charge in [0, 0.05) is 42.3 Å². The largest absolute Gasteiger partial charge is 0.362 e. The van der Waals surface area contributed by atoms with Gasteiger partial charge in [0.15, 0.2) is 0 Å². The number of urea groups is 1. The minimum Gasteiger partial charge on any atom is -0.362 e. The number of carbonyl (C=O) groups excluding carboxylic acids is 1. The maximum Gasteiger partial charge on any atom is 0.319 e. The van der Waals surface area contributed by atoms with Crippen molar-refractivity contribution < 1.29 is 4.79 Å². The number of carbonyl (C=O) groups is 1. The lowest BCUT2D eigenvalue weighted by Gasteiger charge is -2.30. The first-order chi connectivity index (χ1) is 15.4. The summed E-state index contributed by atoms with van der Waals surface area (Å²) in [6, 6.07) is 13.8. The smallest absolute Gasteiger partial charge is 0.319 e. The van der Waals surface area contributed by atoms with E-state index in [9.17, 15) is 4.79 Å². The van der Waals surface area contributed by atoms with E-state index >= 15 is 0 Å². The molecule has 1 aliphatic rings. The highest BCUT2D eigenvalue weighted by atomic mass is 35.5. The maximum atomic E-state index is 12.4. The Morgan fingerprint density at radius 1 is 1.00 bits per heavy atom. The van der Waals surface area contributed by atoms with Crippen molar-refractivity contribution in [2.75, 3.05) is 29.6 Å². The van der Waals surface area contributed by atoms with Crippen molar-refractivity contribution in [1.29, 1.82) is 0 Å². The van der Waals surface area contributed by atoms with Crippen LogP contribution in [0.5, 0.6) is 0 Å². The summed E-state index contributed by atoms with van der Waals surface area (Å²) in [5.41, 5.74) is 2.53. The Bertz CT molecular complexity index is 1110. The first-order valence-electron chi connectivity index (χ1n) is 10.9. The normalized spacial score (nSPS) is 18.2. The van der Waals surface area contributed by atoms with Gasteiger partial charge in [-0.1, -0.05) is 29.8 Å². The van der Waals surface area contributed by atoms with Gasteiger partial charge >= 0.3 is 6.03 Å². The van der Waals surface area contributed by atoms with Crippen molar-refractivity contribution in [3.63, 3.8) is 0 Å². The number of nitrogens with zero attached hydrogens (tertiary/aromatic N) is 3. The van der Waals surface area contributed by atoms with Gasteiger partial charge in [-0.2, -0.15) is 4.98 Å². The van der Waals surface area contributed by atoms with E-state index in [4.69, 9.17) is 21.6 Å². The summed E-state index contributed by atoms with van der Waals surface area (Å²) in [7, 11) is 3.98. The molecule has 2 amide bonds. The van der Waals surface area contributed by atoms with E-state index in [0.717, 1.165) is 53.7 Å². The number of hydrogen-bond donors (Lipinski definition) is 3. The molecule has 3 N–H and O–H groups in total. The van der Waals surface area contributed by atoms with Crippen molar-refractivity contribution in [1.82, 2.24) is 15.3 Å². The van der Waals surface area contributed by atoms with E-state index in [-0.39, 0.29) is 18.1 Å². The zero-order valence-electron chi connectivity index (χ0n) is 18.7. The summed E-state index contributed by atoms with van der Waals surface area (Å²) >= 11 is 6.14. The Hall–Kier alpha value is -3.06. The SMILES string of the molecule is Cc1c(Cl)cccc1NC(=O)N[C@H]1CC[C@@H](Nc2nc(N(C)C)c3ccccc3n2)CC1. The topological polar surface area (TPSA) is 82.2 Å². The van der Waals surface area contributed by atoms with Gasteiger partial charge in [-0.05, 0) is 62.4 Å². The van der Waals surface area contributed by atoms with Crippen LogP contribution in [0.2, 0.25) is 5.02 Å². The van der Waals surface area contributed by atoms with Crippen molar-refractivity contribution in [2.24, 2.45) is 0 Å². The van der Waals surface area contributed by atoms with Gasteiger partial charge in [-0.15, -0.1) is 0 Å². The van der Waals surface area contributed by atoms with Crippen LogP contribution in [0, 0.1) is 6.92 Å². The summed E-state index contributed by atoms with van der Waals surface area (Å²) in [5.74, 6) is 1.56. The van der Waals surface area contributed by atoms with Crippen LogP contribution < -0.4 is 20.9 Å². The molecule has 0 unspecified atom stereocenters. The van der Waals surface area contributed by atoms with Gasteiger partial charge in [-0.3, -0.25) is 0 Å². The molecule has 1 aromatic heterocycles. The average molecular weight is 453 g/mol. The first-order valence-corrected chi connectivity index (χ1v) is 11.3. The van der Waals surface area contributed by atoms with Crippen LogP contribution in [-0.2, 0) is 0 Å². The third-order valence-electron chi connectivity index (χ3n) is 5.92. The average Bonchev–Trinajstić information content (AvgIpc) is 2.77. The van der Waals surface area contributed by atoms with Gasteiger partial charge in [0.2, 0.25) is 5.95 Å². The van der Waals surface area contributed by atoms with E-state index in [1.54, 1.807) is 0 Å². The lowest BCUT2D eigenvalue weighted by atomic mass is 9.91. The van der Waals surface area contributed by atoms with Gasteiger partial charge < -0.3 is 20.9 Å². The van der Waals surface area contributed by atoms with Crippen LogP contribution in [0.4, 0.5) is 22.2 Å². The van der Waals surface area contributed by atoms with Crippen LogP contribution >= 0.6 is 11.6 Å². The van der Waals surface area contributed by atoms with E-state index in [1.165, 1.54) is 0 Å². The van der Waals surface area contributed by atoms with Gasteiger partial charge in [0.1, 0.15) is 5.82 Å². The van der Waals surface area contributed by atoms with Crippen molar-refractivity contribution in [2.45, 2.75) is 44.7 Å². The molecule has 1 heterocycles. The highest BCUT2D eigenvalue weighted by molar-refractivity contribution is 6.31. The third-order valence-corrected chi connectivity index (χ3v) is 6.33. The first kappa shape index (κ1) is 22.1. The van der Waals surface area contributed by atoms with Crippen LogP contribution in [0.1, 0.15) is 31.2 Å². The number of para-hydroxylation sites is 1. The maximum absolute atomic E-state index is 12.4. The molecule has 3 aromatic rings. The second-order valence-electron chi connectivity index (χ2n) is 8.49. The number of aromatic nitrogens is 2. The van der Waals surface area contributed by atoms with Crippen molar-refractivity contribution in [3.8, 4) is 0 Å². The third kappa shape index (κ3) is 5.05. The van der Waals surface area contributed by atoms with Gasteiger partial charge in [0.25, 0.3) is 0 Å². The molecule has 0 bridgehead atoms. The van der Waals surface area contributed by atoms with Crippen LogP contribution in [-0.4, -0.2) is 42.2 Å². The Balaban J connectivity index is 1.33. The fourth-order valence-corrected chi connectivity index (χ4v) is 4.29. The minimum absolute atomic E-state index is 0.141. The molecule has 1 aliphatic carbocycles. The molecule has 168 valence electrons. The Kier molecular flexibility index (Phi) is 6.65. The quantitative estimate of drug-likeness (QED) is 0.495. The zero-order chi connectivity index (χ0) is 22.7. The summed E-state index contributed by atoms with van der Waals surface area (Å²) in [5, 5.41) is 11.2. The molecule has 7 nitrogen and oxygen atoms in total. The van der Waals surface area contributed by atoms with Crippen molar-refractivity contribution >= 4 is 46.0 Å². The van der Waals surface area contributed by atoms with E-state index < -0.39 is 0 Å². The highest BCUT2D eigenvalue weighted by Gasteiger charge is 2.23. The summed E-state index contributed by atoms with van der Waals surface area (Å²) < 4.78 is 0. The van der Waals surface area contributed by atoms with Crippen LogP contribution in [0.3, 0.4) is 0 Å². The lowest BCUT2D eigenvalue weighted by molar-refractivity contribution is 0.243. The fraction of sp³-hybridized carbons (Fsp3) is 0.375. The Labute approximate surface area is 193 Å². The predicted molar refractivity (Wildman–Crippen MR) is 132 cm³/mol. The van der Waals surface area contributed by atoms with Crippen LogP contribution in [0.25, 0.3) is 10.9 Å². The highest BCUT2D eigenvalue weighted by Crippen LogP contribution is 2.27. The molecule has 0 atom stereocenters. The van der Waals surface area contributed by atoms with Gasteiger partial charge in [-0.25, -0.2) is 9.78 Å². The molecule has 8 heteroatoms. The number of fused-ring (bicyclic) bond motifs is 1. The molecule has 1 saturated carbocycles. The minimum atomic E-state index is -0.194. The van der Waals surface area contributed by atoms with Gasteiger partial charge in [0.05, 0.1) is 5.52 Å². The molecular weight excluding hydrogens is 424 g/mol. The Morgan fingerprint density at radius 2 is 1.72 bits per heavy atom. The number of anilines is 3. The van der Waals surface area contributed by atoms with E-state index in [2.05, 4.69) is 16.0 Å². The molecule has 0 radical (unpaired) electrons. The summed E-state index contributed by atoms with van der Waals surface area (Å²) in [6.45, 7) is 1.89. The molecular formula is C24H29ClN6O. The van der Waals surface area contributed by atoms with E-state index in [0.29, 0.717) is 11.0 Å². The molecule has 2 aromatic carbocycles. The van der Waals surface area contributed by atoms with Crippen molar-refractivity contribution in [3.05, 3.63) is 53.1 Å². The molecule has 0 aliphatic heterocycles. The number of benzene rings is 2. The number of nitrogens with one attached hydrogen (secondary N) is 3. The molecule has 1 fully saturated rings. The molecule has 0 spiro atoms.